The summed E-state index contributed by atoms with van der Waals surface area (Å²) in [6, 6.07) is 12.7. The van der Waals surface area contributed by atoms with Gasteiger partial charge < -0.3 is 29.8 Å². The first-order chi connectivity index (χ1) is 21.8. The number of likely N-dealkylation sites (tertiary alicyclic amines) is 1. The van der Waals surface area contributed by atoms with Gasteiger partial charge in [0.1, 0.15) is 23.4 Å². The van der Waals surface area contributed by atoms with Crippen LogP contribution in [0.25, 0.3) is 21.4 Å². The van der Waals surface area contributed by atoms with Crippen molar-refractivity contribution in [3.05, 3.63) is 71.1 Å². The summed E-state index contributed by atoms with van der Waals surface area (Å²) < 4.78 is 11.5. The number of thiazole rings is 1. The Hall–Kier alpha value is -4.22. The van der Waals surface area contributed by atoms with Crippen molar-refractivity contribution in [2.75, 3.05) is 13.2 Å². The van der Waals surface area contributed by atoms with Crippen molar-refractivity contribution in [2.24, 2.45) is 5.41 Å². The van der Waals surface area contributed by atoms with E-state index in [4.69, 9.17) is 9.15 Å². The monoisotopic (exact) mass is 646 g/mol. The quantitative estimate of drug-likeness (QED) is 0.203. The molecule has 10 nitrogen and oxygen atoms in total. The number of carbonyl (C=O) groups is 3. The van der Waals surface area contributed by atoms with E-state index in [1.807, 2.05) is 83.5 Å². The van der Waals surface area contributed by atoms with Gasteiger partial charge in [-0.3, -0.25) is 14.4 Å². The molecule has 0 saturated carbocycles. The standard InChI is InChI=1S/C35H42N4O6S/c1-7-14-44-26-13-12-24-15-29(45-28(24)17-26)33(42)38-31(35(4,5)6)34(43)39-18-25(40)16-27(39)32(41)37-20(2)22-8-10-23(11-9-22)30-21(3)36-19-46-30/h8-13,15,17,19-20,25,27,31,40H,7,14,16,18H2,1-6H3,(H,37,41)(H,38,42)/t20-,25+,27-,31+/m0/s1. The highest BCUT2D eigenvalue weighted by atomic mass is 32.1. The molecule has 2 aromatic heterocycles. The van der Waals surface area contributed by atoms with Gasteiger partial charge >= 0.3 is 0 Å². The van der Waals surface area contributed by atoms with Crippen LogP contribution in [0.15, 0.2) is 58.5 Å². The number of ether oxygens (including phenoxy) is 1. The number of nitrogens with one attached hydrogen (secondary N) is 2. The SMILES string of the molecule is CCCOc1ccc2cc(C(=O)N[C@H](C(=O)N3C[C@H](O)C[C@H]3C(=O)N[C@@H](C)c3ccc(-c4scnc4C)cc3)C(C)(C)C)oc2c1. The van der Waals surface area contributed by atoms with Gasteiger partial charge in [-0.1, -0.05) is 52.0 Å². The maximum absolute atomic E-state index is 14.0. The zero-order valence-corrected chi connectivity index (χ0v) is 27.9. The highest BCUT2D eigenvalue weighted by Gasteiger charge is 2.45. The lowest BCUT2D eigenvalue weighted by Crippen LogP contribution is -2.57. The number of furan rings is 1. The van der Waals surface area contributed by atoms with E-state index in [1.165, 1.54) is 4.90 Å². The topological polar surface area (TPSA) is 134 Å². The summed E-state index contributed by atoms with van der Waals surface area (Å²) in [5.74, 6) is -0.650. The van der Waals surface area contributed by atoms with Gasteiger partial charge in [0.05, 0.1) is 34.8 Å². The molecule has 0 aliphatic carbocycles. The van der Waals surface area contributed by atoms with Crippen molar-refractivity contribution in [1.29, 1.82) is 0 Å². The molecule has 3 N–H and O–H groups in total. The highest BCUT2D eigenvalue weighted by molar-refractivity contribution is 7.13. The number of aromatic nitrogens is 1. The molecule has 0 spiro atoms. The minimum Gasteiger partial charge on any atom is -0.493 e. The van der Waals surface area contributed by atoms with Crippen molar-refractivity contribution in [3.8, 4) is 16.2 Å². The van der Waals surface area contributed by atoms with Crippen molar-refractivity contribution in [3.63, 3.8) is 0 Å². The van der Waals surface area contributed by atoms with Crippen LogP contribution in [0.1, 0.15) is 75.3 Å². The van der Waals surface area contributed by atoms with Crippen LogP contribution in [-0.2, 0) is 9.59 Å². The van der Waals surface area contributed by atoms with E-state index in [0.29, 0.717) is 17.9 Å². The Morgan fingerprint density at radius 3 is 2.52 bits per heavy atom. The molecule has 4 atom stereocenters. The molecule has 0 bridgehead atoms. The van der Waals surface area contributed by atoms with Crippen LogP contribution in [0, 0.1) is 12.3 Å². The van der Waals surface area contributed by atoms with E-state index >= 15 is 0 Å². The number of aliphatic hydroxyl groups excluding tert-OH is 1. The van der Waals surface area contributed by atoms with Crippen LogP contribution >= 0.6 is 11.3 Å². The second kappa shape index (κ2) is 13.6. The number of fused-ring (bicyclic) bond motifs is 1. The summed E-state index contributed by atoms with van der Waals surface area (Å²) in [5.41, 5.74) is 4.54. The molecule has 2 aromatic carbocycles. The van der Waals surface area contributed by atoms with Gasteiger partial charge in [0, 0.05) is 24.4 Å². The largest absolute Gasteiger partial charge is 0.493 e. The van der Waals surface area contributed by atoms with Crippen molar-refractivity contribution in [2.45, 2.75) is 78.6 Å². The summed E-state index contributed by atoms with van der Waals surface area (Å²) in [6.45, 7) is 11.9. The zero-order chi connectivity index (χ0) is 33.2. The second-order valence-electron chi connectivity index (χ2n) is 12.9. The molecular formula is C35H42N4O6S. The van der Waals surface area contributed by atoms with Crippen LogP contribution in [0.5, 0.6) is 5.75 Å². The molecule has 4 aromatic rings. The normalized spacial score (nSPS) is 17.9. The lowest BCUT2D eigenvalue weighted by atomic mass is 9.85. The molecule has 1 saturated heterocycles. The minimum atomic E-state index is -0.988. The van der Waals surface area contributed by atoms with Gasteiger partial charge in [0.25, 0.3) is 5.91 Å². The predicted octanol–water partition coefficient (Wildman–Crippen LogP) is 5.64. The van der Waals surface area contributed by atoms with Crippen LogP contribution in [0.2, 0.25) is 0 Å². The Morgan fingerprint density at radius 2 is 1.87 bits per heavy atom. The number of nitrogens with zero attached hydrogens (tertiary/aromatic N) is 2. The van der Waals surface area contributed by atoms with E-state index in [1.54, 1.807) is 23.5 Å². The molecule has 5 rings (SSSR count). The maximum Gasteiger partial charge on any atom is 0.287 e. The number of β-amino-alcohol motifs (C(OH)–C–C–N with tert-alkyl or cyclic N) is 1. The van der Waals surface area contributed by atoms with Gasteiger partial charge in [0.2, 0.25) is 11.8 Å². The van der Waals surface area contributed by atoms with Gasteiger partial charge in [-0.2, -0.15) is 0 Å². The van der Waals surface area contributed by atoms with E-state index in [0.717, 1.165) is 33.5 Å². The number of rotatable bonds is 10. The lowest BCUT2D eigenvalue weighted by molar-refractivity contribution is -0.142. The first-order valence-electron chi connectivity index (χ1n) is 15.6. The van der Waals surface area contributed by atoms with Gasteiger partial charge in [-0.05, 0) is 55.0 Å². The molecule has 1 aliphatic rings. The van der Waals surface area contributed by atoms with Crippen molar-refractivity contribution < 1.29 is 28.6 Å². The smallest absolute Gasteiger partial charge is 0.287 e. The average Bonchev–Trinajstić information content (AvgIpc) is 3.75. The Labute approximate surface area is 273 Å². The zero-order valence-electron chi connectivity index (χ0n) is 27.1. The number of aryl methyl sites for hydroxylation is 1. The molecule has 0 radical (unpaired) electrons. The van der Waals surface area contributed by atoms with Crippen LogP contribution in [0.3, 0.4) is 0 Å². The summed E-state index contributed by atoms with van der Waals surface area (Å²) in [5, 5.41) is 17.2. The van der Waals surface area contributed by atoms with E-state index in [2.05, 4.69) is 15.6 Å². The second-order valence-corrected chi connectivity index (χ2v) is 13.8. The average molecular weight is 647 g/mol. The molecule has 11 heteroatoms. The van der Waals surface area contributed by atoms with E-state index in [9.17, 15) is 19.5 Å². The summed E-state index contributed by atoms with van der Waals surface area (Å²) >= 11 is 1.58. The number of benzene rings is 2. The van der Waals surface area contributed by atoms with Crippen LogP contribution in [-0.4, -0.2) is 64.1 Å². The molecule has 3 amide bonds. The van der Waals surface area contributed by atoms with Crippen LogP contribution in [0.4, 0.5) is 0 Å². The lowest BCUT2D eigenvalue weighted by Gasteiger charge is -2.35. The van der Waals surface area contributed by atoms with Gasteiger partial charge in [0.15, 0.2) is 5.76 Å². The Bertz CT molecular complexity index is 1710. The highest BCUT2D eigenvalue weighted by Crippen LogP contribution is 2.30. The fraction of sp³-hybridized carbons (Fsp3) is 0.429. The molecule has 0 unspecified atom stereocenters. The number of hydrogen-bond acceptors (Lipinski definition) is 8. The number of amides is 3. The Kier molecular flexibility index (Phi) is 9.83. The van der Waals surface area contributed by atoms with E-state index in [-0.39, 0.29) is 30.7 Å². The van der Waals surface area contributed by atoms with Gasteiger partial charge in [-0.25, -0.2) is 4.98 Å². The van der Waals surface area contributed by atoms with Crippen molar-refractivity contribution >= 4 is 40.0 Å². The molecule has 1 aliphatic heterocycles. The fourth-order valence-corrected chi connectivity index (χ4v) is 6.46. The first kappa shape index (κ1) is 33.2. The number of aliphatic hydroxyl groups is 1. The molecule has 244 valence electrons. The summed E-state index contributed by atoms with van der Waals surface area (Å²) in [7, 11) is 0. The molecule has 3 heterocycles. The van der Waals surface area contributed by atoms with Crippen LogP contribution < -0.4 is 15.4 Å². The fourth-order valence-electron chi connectivity index (χ4n) is 5.65. The third-order valence-corrected chi connectivity index (χ3v) is 9.20. The van der Waals surface area contributed by atoms with Crippen molar-refractivity contribution in [1.82, 2.24) is 20.5 Å². The molecular weight excluding hydrogens is 604 g/mol. The minimum absolute atomic E-state index is 0.0121. The summed E-state index contributed by atoms with van der Waals surface area (Å²) in [4.78, 5) is 47.8. The maximum atomic E-state index is 14.0. The third-order valence-electron chi connectivity index (χ3n) is 8.22. The Morgan fingerprint density at radius 1 is 1.13 bits per heavy atom. The predicted molar refractivity (Wildman–Crippen MR) is 178 cm³/mol. The summed E-state index contributed by atoms with van der Waals surface area (Å²) in [6.07, 6.45) is 0.0989. The number of hydrogen-bond donors (Lipinski definition) is 3. The number of carbonyl (C=O) groups excluding carboxylic acids is 3. The third kappa shape index (κ3) is 7.26. The molecule has 46 heavy (non-hydrogen) atoms. The van der Waals surface area contributed by atoms with Gasteiger partial charge in [-0.15, -0.1) is 11.3 Å². The first-order valence-corrected chi connectivity index (χ1v) is 16.5. The van der Waals surface area contributed by atoms with E-state index < -0.39 is 35.4 Å². The molecule has 1 fully saturated rings. The Balaban J connectivity index is 1.28.